The summed E-state index contributed by atoms with van der Waals surface area (Å²) in [5, 5.41) is 20.2. The predicted octanol–water partition coefficient (Wildman–Crippen LogP) is 4.02. The minimum atomic E-state index is -0.278. The van der Waals surface area contributed by atoms with Crippen LogP contribution >= 0.6 is 0 Å². The van der Waals surface area contributed by atoms with Crippen LogP contribution in [-0.4, -0.2) is 11.6 Å². The Morgan fingerprint density at radius 1 is 1.19 bits per heavy atom. The van der Waals surface area contributed by atoms with E-state index in [2.05, 4.69) is 11.4 Å². The lowest BCUT2D eigenvalue weighted by Gasteiger charge is -2.13. The number of nitrogens with one attached hydrogen (secondary N) is 2. The van der Waals surface area contributed by atoms with Gasteiger partial charge in [-0.1, -0.05) is 0 Å². The molecule has 0 aliphatic rings. The molecule has 0 unspecified atom stereocenters. The molecule has 6 heteroatoms. The molecule has 2 aromatic carbocycles. The van der Waals surface area contributed by atoms with Crippen LogP contribution in [0, 0.1) is 30.6 Å². The molecule has 4 N–H and O–H groups in total. The highest BCUT2D eigenvalue weighted by atomic mass is 16.3. The van der Waals surface area contributed by atoms with E-state index in [4.69, 9.17) is 20.8 Å². The zero-order valence-corrected chi connectivity index (χ0v) is 15.0. The summed E-state index contributed by atoms with van der Waals surface area (Å²) in [6.45, 7) is 3.59. The number of carbonyl (C=O) groups excluding carboxylic acids is 1. The second-order valence-electron chi connectivity index (χ2n) is 6.24. The molecule has 3 aromatic rings. The maximum atomic E-state index is 12.8. The van der Waals surface area contributed by atoms with Gasteiger partial charge in [0.1, 0.15) is 0 Å². The average Bonchev–Trinajstić information content (AvgIpc) is 3.16. The van der Waals surface area contributed by atoms with Crippen molar-refractivity contribution in [1.29, 1.82) is 10.7 Å². The number of hydrogen-bond donors (Lipinski definition) is 3. The van der Waals surface area contributed by atoms with Crippen LogP contribution in [0.1, 0.15) is 38.2 Å². The van der Waals surface area contributed by atoms with E-state index in [0.29, 0.717) is 33.6 Å². The maximum absolute atomic E-state index is 12.8. The predicted molar refractivity (Wildman–Crippen MR) is 104 cm³/mol. The van der Waals surface area contributed by atoms with Crippen molar-refractivity contribution in [2.75, 3.05) is 11.1 Å². The highest BCUT2D eigenvalue weighted by Gasteiger charge is 2.16. The van der Waals surface area contributed by atoms with Crippen molar-refractivity contribution in [2.24, 2.45) is 0 Å². The van der Waals surface area contributed by atoms with E-state index in [0.717, 1.165) is 11.1 Å². The van der Waals surface area contributed by atoms with Gasteiger partial charge in [0.05, 0.1) is 29.9 Å². The van der Waals surface area contributed by atoms with Gasteiger partial charge in [-0.2, -0.15) is 5.26 Å². The van der Waals surface area contributed by atoms with Crippen molar-refractivity contribution < 1.29 is 9.21 Å². The quantitative estimate of drug-likeness (QED) is 0.482. The largest absolute Gasteiger partial charge is 0.472 e. The number of carbonyl (C=O) groups is 1. The fourth-order valence-electron chi connectivity index (χ4n) is 2.99. The molecule has 0 aliphatic carbocycles. The Morgan fingerprint density at radius 3 is 2.48 bits per heavy atom. The second-order valence-corrected chi connectivity index (χ2v) is 6.24. The van der Waals surface area contributed by atoms with Gasteiger partial charge in [-0.15, -0.1) is 0 Å². The molecule has 0 radical (unpaired) electrons. The molecule has 1 amide bonds. The smallest absolute Gasteiger partial charge is 0.256 e. The van der Waals surface area contributed by atoms with Gasteiger partial charge in [0.2, 0.25) is 0 Å². The minimum absolute atomic E-state index is 0.211. The number of amides is 1. The lowest BCUT2D eigenvalue weighted by molar-refractivity contribution is 0.102. The number of hydrogen-bond acceptors (Lipinski definition) is 5. The van der Waals surface area contributed by atoms with Crippen molar-refractivity contribution in [3.63, 3.8) is 0 Å². The zero-order valence-electron chi connectivity index (χ0n) is 15.0. The van der Waals surface area contributed by atoms with Gasteiger partial charge < -0.3 is 15.5 Å². The summed E-state index contributed by atoms with van der Waals surface area (Å²) in [5.41, 5.74) is 10.8. The first kappa shape index (κ1) is 18.0. The van der Waals surface area contributed by atoms with E-state index in [1.165, 1.54) is 12.5 Å². The molecule has 0 atom stereocenters. The molecule has 1 heterocycles. The van der Waals surface area contributed by atoms with E-state index < -0.39 is 0 Å². The fraction of sp³-hybridized carbons (Fsp3) is 0.0952. The monoisotopic (exact) mass is 358 g/mol. The number of furan rings is 1. The van der Waals surface area contributed by atoms with E-state index in [1.807, 2.05) is 0 Å². The summed E-state index contributed by atoms with van der Waals surface area (Å²) >= 11 is 0. The minimum Gasteiger partial charge on any atom is -0.472 e. The van der Waals surface area contributed by atoms with Crippen molar-refractivity contribution in [3.8, 4) is 6.07 Å². The summed E-state index contributed by atoms with van der Waals surface area (Å²) < 4.78 is 5.02. The Bertz CT molecular complexity index is 1050. The molecule has 6 nitrogen and oxygen atoms in total. The SMILES string of the molecule is Cc1cc(C#N)cc(C)c1C(=O)Nc1ccc(N)c(C(=N)c2ccoc2)c1. The van der Waals surface area contributed by atoms with Crippen LogP contribution < -0.4 is 11.1 Å². The summed E-state index contributed by atoms with van der Waals surface area (Å²) in [4.78, 5) is 12.8. The summed E-state index contributed by atoms with van der Waals surface area (Å²) in [6.07, 6.45) is 2.96. The van der Waals surface area contributed by atoms with Gasteiger partial charge in [0.15, 0.2) is 0 Å². The van der Waals surface area contributed by atoms with E-state index in [9.17, 15) is 4.79 Å². The number of nitriles is 1. The van der Waals surface area contributed by atoms with Gasteiger partial charge in [-0.05, 0) is 61.4 Å². The Kier molecular flexibility index (Phi) is 4.77. The van der Waals surface area contributed by atoms with Crippen LogP contribution in [0.15, 0.2) is 53.3 Å². The molecule has 0 fully saturated rings. The number of benzene rings is 2. The summed E-state index contributed by atoms with van der Waals surface area (Å²) in [6, 6.07) is 12.1. The number of anilines is 2. The third kappa shape index (κ3) is 3.58. The van der Waals surface area contributed by atoms with Crippen molar-refractivity contribution >= 4 is 23.0 Å². The van der Waals surface area contributed by atoms with Gasteiger partial charge in [0, 0.05) is 28.1 Å². The molecule has 0 saturated heterocycles. The topological polar surface area (TPSA) is 116 Å². The first-order valence-corrected chi connectivity index (χ1v) is 8.24. The van der Waals surface area contributed by atoms with Crippen LogP contribution in [-0.2, 0) is 0 Å². The molecular weight excluding hydrogens is 340 g/mol. The van der Waals surface area contributed by atoms with Crippen LogP contribution in [0.5, 0.6) is 0 Å². The molecule has 0 spiro atoms. The molecular formula is C21H18N4O2. The van der Waals surface area contributed by atoms with Crippen LogP contribution in [0.3, 0.4) is 0 Å². The Labute approximate surface area is 156 Å². The molecule has 3 rings (SSSR count). The lowest BCUT2D eigenvalue weighted by atomic mass is 9.98. The van der Waals surface area contributed by atoms with E-state index in [1.54, 1.807) is 50.2 Å². The highest BCUT2D eigenvalue weighted by Crippen LogP contribution is 2.23. The number of nitrogen functional groups attached to an aromatic ring is 1. The first-order valence-electron chi connectivity index (χ1n) is 8.24. The van der Waals surface area contributed by atoms with Gasteiger partial charge in [-0.25, -0.2) is 0 Å². The van der Waals surface area contributed by atoms with Crippen molar-refractivity contribution in [2.45, 2.75) is 13.8 Å². The second kappa shape index (κ2) is 7.18. The molecule has 0 aliphatic heterocycles. The van der Waals surface area contributed by atoms with Crippen LogP contribution in [0.25, 0.3) is 0 Å². The first-order chi connectivity index (χ1) is 12.9. The molecule has 0 saturated carbocycles. The lowest BCUT2D eigenvalue weighted by Crippen LogP contribution is -2.16. The number of nitrogens with two attached hydrogens (primary N) is 1. The van der Waals surface area contributed by atoms with E-state index in [-0.39, 0.29) is 11.6 Å². The van der Waals surface area contributed by atoms with Gasteiger partial charge in [0.25, 0.3) is 5.91 Å². The Morgan fingerprint density at radius 2 is 1.89 bits per heavy atom. The van der Waals surface area contributed by atoms with E-state index >= 15 is 0 Å². The van der Waals surface area contributed by atoms with Crippen LogP contribution in [0.4, 0.5) is 11.4 Å². The number of aryl methyl sites for hydroxylation is 2. The normalized spacial score (nSPS) is 10.3. The standard InChI is InChI=1S/C21H18N4O2/c1-12-7-14(10-22)8-13(2)19(12)21(26)25-16-3-4-18(23)17(9-16)20(24)15-5-6-27-11-15/h3-9,11,24H,23H2,1-2H3,(H,25,26). The molecule has 0 bridgehead atoms. The number of rotatable bonds is 4. The summed E-state index contributed by atoms with van der Waals surface area (Å²) in [5.74, 6) is -0.278. The third-order valence-corrected chi connectivity index (χ3v) is 4.28. The fourth-order valence-corrected chi connectivity index (χ4v) is 2.99. The Balaban J connectivity index is 1.91. The molecule has 134 valence electrons. The third-order valence-electron chi connectivity index (χ3n) is 4.28. The van der Waals surface area contributed by atoms with Gasteiger partial charge in [-0.3, -0.25) is 10.2 Å². The zero-order chi connectivity index (χ0) is 19.6. The average molecular weight is 358 g/mol. The van der Waals surface area contributed by atoms with Gasteiger partial charge >= 0.3 is 0 Å². The maximum Gasteiger partial charge on any atom is 0.256 e. The van der Waals surface area contributed by atoms with Crippen molar-refractivity contribution in [1.82, 2.24) is 0 Å². The van der Waals surface area contributed by atoms with Crippen LogP contribution in [0.2, 0.25) is 0 Å². The molecule has 1 aromatic heterocycles. The Hall–Kier alpha value is -3.85. The highest BCUT2D eigenvalue weighted by molar-refractivity contribution is 6.14. The van der Waals surface area contributed by atoms with Crippen molar-refractivity contribution in [3.05, 3.63) is 82.3 Å². The number of nitrogens with zero attached hydrogens (tertiary/aromatic N) is 1. The molecule has 27 heavy (non-hydrogen) atoms. The summed E-state index contributed by atoms with van der Waals surface area (Å²) in [7, 11) is 0.